The number of aliphatic hydroxyl groups is 1. The van der Waals surface area contributed by atoms with Crippen LogP contribution in [0.1, 0.15) is 36.9 Å². The molecule has 2 heterocycles. The van der Waals surface area contributed by atoms with Gasteiger partial charge in [-0.15, -0.1) is 0 Å². The number of pyridine rings is 1. The van der Waals surface area contributed by atoms with E-state index in [9.17, 15) is 5.11 Å². The van der Waals surface area contributed by atoms with Crippen LogP contribution in [-0.2, 0) is 6.54 Å². The maximum atomic E-state index is 9.63. The van der Waals surface area contributed by atoms with Crippen LogP contribution in [0.25, 0.3) is 0 Å². The summed E-state index contributed by atoms with van der Waals surface area (Å²) >= 11 is 0. The highest BCUT2D eigenvalue weighted by Crippen LogP contribution is 2.23. The second kappa shape index (κ2) is 8.32. The number of nitrogens with one attached hydrogen (secondary N) is 1. The van der Waals surface area contributed by atoms with E-state index in [1.165, 1.54) is 11.3 Å². The second-order valence-electron chi connectivity index (χ2n) is 6.62. The topological polar surface area (TPSA) is 57.6 Å². The zero-order valence-corrected chi connectivity index (χ0v) is 15.0. The number of hydrogen-bond acceptors (Lipinski definition) is 5. The Kier molecular flexibility index (Phi) is 5.89. The molecule has 5 nitrogen and oxygen atoms in total. The Hall–Kier alpha value is -2.11. The third-order valence-corrected chi connectivity index (χ3v) is 4.84. The molecule has 1 saturated heterocycles. The van der Waals surface area contributed by atoms with Crippen molar-refractivity contribution in [3.8, 4) is 5.88 Å². The van der Waals surface area contributed by atoms with Crippen molar-refractivity contribution in [1.29, 1.82) is 0 Å². The van der Waals surface area contributed by atoms with Crippen LogP contribution in [0.15, 0.2) is 42.6 Å². The number of benzene rings is 1. The van der Waals surface area contributed by atoms with Crippen molar-refractivity contribution in [2.24, 2.45) is 0 Å². The third kappa shape index (κ3) is 4.71. The number of piperidine rings is 1. The standard InChI is InChI=1S/C20H27N3O2/c1-15(21-13-16-3-8-20(25-2)22-14-16)17-4-6-18(7-5-17)23-11-9-19(24)10-12-23/h3-8,14-15,19,21,24H,9-13H2,1-2H3. The van der Waals surface area contributed by atoms with Gasteiger partial charge in [-0.05, 0) is 43.0 Å². The zero-order valence-electron chi connectivity index (χ0n) is 15.0. The molecule has 134 valence electrons. The number of aromatic nitrogens is 1. The minimum atomic E-state index is -0.132. The molecule has 1 aromatic carbocycles. The molecule has 0 radical (unpaired) electrons. The first-order valence-corrected chi connectivity index (χ1v) is 8.91. The summed E-state index contributed by atoms with van der Waals surface area (Å²) in [5.41, 5.74) is 3.64. The van der Waals surface area contributed by atoms with E-state index in [2.05, 4.69) is 46.4 Å². The van der Waals surface area contributed by atoms with E-state index < -0.39 is 0 Å². The summed E-state index contributed by atoms with van der Waals surface area (Å²) in [5.74, 6) is 0.637. The number of nitrogens with zero attached hydrogens (tertiary/aromatic N) is 2. The van der Waals surface area contributed by atoms with E-state index in [0.29, 0.717) is 5.88 Å². The lowest BCUT2D eigenvalue weighted by Gasteiger charge is -2.31. The minimum Gasteiger partial charge on any atom is -0.481 e. The van der Waals surface area contributed by atoms with Crippen molar-refractivity contribution in [3.63, 3.8) is 0 Å². The monoisotopic (exact) mass is 341 g/mol. The van der Waals surface area contributed by atoms with Crippen LogP contribution < -0.4 is 15.0 Å². The van der Waals surface area contributed by atoms with Gasteiger partial charge in [-0.2, -0.15) is 0 Å². The van der Waals surface area contributed by atoms with Crippen molar-refractivity contribution in [3.05, 3.63) is 53.7 Å². The first kappa shape index (κ1) is 17.7. The average Bonchev–Trinajstić information content (AvgIpc) is 2.67. The molecule has 1 atom stereocenters. The number of methoxy groups -OCH3 is 1. The summed E-state index contributed by atoms with van der Waals surface area (Å²) in [5, 5.41) is 13.2. The summed E-state index contributed by atoms with van der Waals surface area (Å²) in [7, 11) is 1.62. The Labute approximate surface area is 149 Å². The largest absolute Gasteiger partial charge is 0.481 e. The summed E-state index contributed by atoms with van der Waals surface area (Å²) in [6.45, 7) is 4.80. The molecule has 0 aliphatic carbocycles. The molecule has 1 unspecified atom stereocenters. The lowest BCUT2D eigenvalue weighted by atomic mass is 10.0. The van der Waals surface area contributed by atoms with Gasteiger partial charge < -0.3 is 20.1 Å². The smallest absolute Gasteiger partial charge is 0.212 e. The molecule has 0 amide bonds. The molecule has 0 saturated carbocycles. The van der Waals surface area contributed by atoms with Crippen molar-refractivity contribution >= 4 is 5.69 Å². The SMILES string of the molecule is COc1ccc(CNC(C)c2ccc(N3CCC(O)CC3)cc2)cn1. The molecule has 2 aromatic rings. The summed E-state index contributed by atoms with van der Waals surface area (Å²) in [6, 6.07) is 12.9. The number of aliphatic hydroxyl groups excluding tert-OH is 1. The number of rotatable bonds is 6. The van der Waals surface area contributed by atoms with E-state index in [-0.39, 0.29) is 12.1 Å². The molecule has 3 rings (SSSR count). The highest BCUT2D eigenvalue weighted by Gasteiger charge is 2.17. The van der Waals surface area contributed by atoms with Crippen LogP contribution >= 0.6 is 0 Å². The normalized spacial score (nSPS) is 16.7. The molecule has 1 fully saturated rings. The van der Waals surface area contributed by atoms with Crippen LogP contribution in [0.4, 0.5) is 5.69 Å². The molecule has 0 bridgehead atoms. The fourth-order valence-electron chi connectivity index (χ4n) is 3.12. The maximum Gasteiger partial charge on any atom is 0.212 e. The van der Waals surface area contributed by atoms with Gasteiger partial charge in [0.1, 0.15) is 0 Å². The minimum absolute atomic E-state index is 0.132. The number of anilines is 1. The molecule has 25 heavy (non-hydrogen) atoms. The summed E-state index contributed by atoms with van der Waals surface area (Å²) in [4.78, 5) is 6.58. The van der Waals surface area contributed by atoms with Crippen LogP contribution in [0, 0.1) is 0 Å². The quantitative estimate of drug-likeness (QED) is 0.846. The summed E-state index contributed by atoms with van der Waals surface area (Å²) < 4.78 is 5.08. The predicted octanol–water partition coefficient (Wildman–Crippen LogP) is 2.90. The van der Waals surface area contributed by atoms with Gasteiger partial charge >= 0.3 is 0 Å². The van der Waals surface area contributed by atoms with Gasteiger partial charge in [-0.25, -0.2) is 4.98 Å². The third-order valence-electron chi connectivity index (χ3n) is 4.84. The van der Waals surface area contributed by atoms with Crippen LogP contribution in [0.2, 0.25) is 0 Å². The fourth-order valence-corrected chi connectivity index (χ4v) is 3.12. The lowest BCUT2D eigenvalue weighted by Crippen LogP contribution is -2.35. The molecule has 1 aliphatic heterocycles. The van der Waals surface area contributed by atoms with Gasteiger partial charge in [0.25, 0.3) is 0 Å². The number of ether oxygens (including phenoxy) is 1. The molecule has 1 aliphatic rings. The molecule has 0 spiro atoms. The lowest BCUT2D eigenvalue weighted by molar-refractivity contribution is 0.145. The molecule has 2 N–H and O–H groups in total. The predicted molar refractivity (Wildman–Crippen MR) is 99.9 cm³/mol. The second-order valence-corrected chi connectivity index (χ2v) is 6.62. The van der Waals surface area contributed by atoms with Crippen molar-refractivity contribution < 1.29 is 9.84 Å². The fraction of sp³-hybridized carbons (Fsp3) is 0.450. The first-order valence-electron chi connectivity index (χ1n) is 8.91. The summed E-state index contributed by atoms with van der Waals surface area (Å²) in [6.07, 6.45) is 3.42. The van der Waals surface area contributed by atoms with Crippen LogP contribution in [0.5, 0.6) is 5.88 Å². The Bertz CT molecular complexity index is 650. The Morgan fingerprint density at radius 3 is 2.52 bits per heavy atom. The average molecular weight is 341 g/mol. The van der Waals surface area contributed by atoms with E-state index in [1.807, 2.05) is 18.3 Å². The van der Waals surface area contributed by atoms with E-state index in [1.54, 1.807) is 7.11 Å². The molecular weight excluding hydrogens is 314 g/mol. The van der Waals surface area contributed by atoms with Gasteiger partial charge in [-0.1, -0.05) is 18.2 Å². The van der Waals surface area contributed by atoms with E-state index in [4.69, 9.17) is 4.74 Å². The van der Waals surface area contributed by atoms with Crippen molar-refractivity contribution in [1.82, 2.24) is 10.3 Å². The Morgan fingerprint density at radius 2 is 1.92 bits per heavy atom. The van der Waals surface area contributed by atoms with Crippen molar-refractivity contribution in [2.75, 3.05) is 25.1 Å². The Morgan fingerprint density at radius 1 is 1.20 bits per heavy atom. The van der Waals surface area contributed by atoms with Gasteiger partial charge in [0.05, 0.1) is 13.2 Å². The van der Waals surface area contributed by atoms with Gasteiger partial charge in [0, 0.05) is 43.6 Å². The number of hydrogen-bond donors (Lipinski definition) is 2. The maximum absolute atomic E-state index is 9.63. The van der Waals surface area contributed by atoms with Crippen LogP contribution in [-0.4, -0.2) is 36.4 Å². The highest BCUT2D eigenvalue weighted by molar-refractivity contribution is 5.48. The molecule has 1 aromatic heterocycles. The van der Waals surface area contributed by atoms with Crippen LogP contribution in [0.3, 0.4) is 0 Å². The Balaban J connectivity index is 1.54. The van der Waals surface area contributed by atoms with Gasteiger partial charge in [0.15, 0.2) is 0 Å². The zero-order chi connectivity index (χ0) is 17.6. The van der Waals surface area contributed by atoms with E-state index >= 15 is 0 Å². The molecular formula is C20H27N3O2. The van der Waals surface area contributed by atoms with Gasteiger partial charge in [-0.3, -0.25) is 0 Å². The highest BCUT2D eigenvalue weighted by atomic mass is 16.5. The first-order chi connectivity index (χ1) is 12.2. The van der Waals surface area contributed by atoms with Gasteiger partial charge in [0.2, 0.25) is 5.88 Å². The molecule has 5 heteroatoms. The van der Waals surface area contributed by atoms with Crippen molar-refractivity contribution in [2.45, 2.75) is 38.5 Å². The van der Waals surface area contributed by atoms with E-state index in [0.717, 1.165) is 38.0 Å².